The van der Waals surface area contributed by atoms with Crippen molar-refractivity contribution < 1.29 is 34.7 Å². The Balaban J connectivity index is 1.45. The molecule has 5 N–H and O–H groups in total. The Labute approximate surface area is 203 Å². The lowest BCUT2D eigenvalue weighted by atomic mass is 10.0. The normalized spacial score (nSPS) is 24.5. The molecule has 2 rings (SSSR count). The lowest BCUT2D eigenvalue weighted by Gasteiger charge is -2.35. The molecule has 0 saturated carbocycles. The van der Waals surface area contributed by atoms with Gasteiger partial charge in [0, 0.05) is 19.4 Å². The Morgan fingerprint density at radius 1 is 1.06 bits per heavy atom. The summed E-state index contributed by atoms with van der Waals surface area (Å²) in [5, 5.41) is 42.8. The van der Waals surface area contributed by atoms with Gasteiger partial charge in [-0.15, -0.1) is 0 Å². The molecular weight excluding hydrogens is 438 g/mol. The van der Waals surface area contributed by atoms with E-state index in [1.165, 1.54) is 5.56 Å². The molecule has 8 heteroatoms. The van der Waals surface area contributed by atoms with Gasteiger partial charge >= 0.3 is 0 Å². The minimum Gasteiger partial charge on any atom is -0.390 e. The van der Waals surface area contributed by atoms with Gasteiger partial charge in [0.25, 0.3) is 0 Å². The van der Waals surface area contributed by atoms with Crippen LogP contribution in [0.1, 0.15) is 70.3 Å². The number of amides is 1. The second-order valence-electron chi connectivity index (χ2n) is 9.29. The van der Waals surface area contributed by atoms with Crippen molar-refractivity contribution in [3.63, 3.8) is 0 Å². The first kappa shape index (κ1) is 28.7. The molecule has 1 aliphatic rings. The van der Waals surface area contributed by atoms with Crippen LogP contribution in [0.5, 0.6) is 0 Å². The molecule has 194 valence electrons. The summed E-state index contributed by atoms with van der Waals surface area (Å²) in [6.07, 6.45) is 1.85. The second kappa shape index (κ2) is 16.2. The Kier molecular flexibility index (Phi) is 13.7. The predicted octanol–water partition coefficient (Wildman–Crippen LogP) is 2.06. The molecule has 6 atom stereocenters. The molecule has 1 fully saturated rings. The number of hydrogen-bond acceptors (Lipinski definition) is 7. The van der Waals surface area contributed by atoms with Crippen LogP contribution < -0.4 is 5.32 Å². The average molecular weight is 482 g/mol. The molecule has 1 saturated heterocycles. The molecule has 0 aliphatic carbocycles. The number of carbonyl (C=O) groups excluding carboxylic acids is 1. The molecule has 8 nitrogen and oxygen atoms in total. The van der Waals surface area contributed by atoms with Crippen molar-refractivity contribution in [2.75, 3.05) is 13.2 Å². The fourth-order valence-corrected chi connectivity index (χ4v) is 4.09. The number of nitrogens with one attached hydrogen (secondary N) is 1. The minimum atomic E-state index is -1.13. The van der Waals surface area contributed by atoms with Crippen molar-refractivity contribution in [2.45, 2.75) is 108 Å². The van der Waals surface area contributed by atoms with Gasteiger partial charge in [0.05, 0.1) is 31.0 Å². The highest BCUT2D eigenvalue weighted by molar-refractivity contribution is 5.75. The quantitative estimate of drug-likeness (QED) is 0.229. The van der Waals surface area contributed by atoms with E-state index in [2.05, 4.69) is 29.6 Å². The monoisotopic (exact) mass is 481 g/mol. The minimum absolute atomic E-state index is 0.0366. The van der Waals surface area contributed by atoms with Crippen molar-refractivity contribution in [1.29, 1.82) is 0 Å². The lowest BCUT2D eigenvalue weighted by Crippen LogP contribution is -2.49. The van der Waals surface area contributed by atoms with E-state index in [9.17, 15) is 25.2 Å². The van der Waals surface area contributed by atoms with Crippen LogP contribution in [0.3, 0.4) is 0 Å². The summed E-state index contributed by atoms with van der Waals surface area (Å²) < 4.78 is 10.9. The van der Waals surface area contributed by atoms with Gasteiger partial charge in [0.15, 0.2) is 6.29 Å². The van der Waals surface area contributed by atoms with Crippen molar-refractivity contribution in [3.05, 3.63) is 35.9 Å². The van der Waals surface area contributed by atoms with Gasteiger partial charge in [-0.1, -0.05) is 43.2 Å². The third-order valence-electron chi connectivity index (χ3n) is 6.21. The Hall–Kier alpha value is -1.55. The maximum atomic E-state index is 12.0. The second-order valence-corrected chi connectivity index (χ2v) is 9.29. The molecule has 1 aromatic carbocycles. The number of ether oxygens (including phenoxy) is 2. The Morgan fingerprint density at radius 2 is 1.76 bits per heavy atom. The molecule has 0 bridgehead atoms. The zero-order valence-electron chi connectivity index (χ0n) is 20.3. The summed E-state index contributed by atoms with van der Waals surface area (Å²) in [6, 6.07) is 10.4. The van der Waals surface area contributed by atoms with Crippen LogP contribution in [0.2, 0.25) is 0 Å². The zero-order chi connectivity index (χ0) is 24.8. The topological polar surface area (TPSA) is 128 Å². The summed E-state index contributed by atoms with van der Waals surface area (Å²) in [5.74, 6) is -0.0366. The maximum Gasteiger partial charge on any atom is 0.219 e. The molecule has 0 radical (unpaired) electrons. The standard InChI is InChI=1S/C26H43NO7/c1-19-18-23(30)25(32)26(34-19)33-17-15-22(29)21(28)13-9-14-24(31)27-16-8-3-2-5-10-20-11-6-4-7-12-20/h4,6-7,11-12,19,21-23,25-26,28-30,32H,2-3,5,8-10,13-18H2,1H3,(H,27,31)/t19?,21-,22+,23?,25?,26?/m1/s1. The van der Waals surface area contributed by atoms with Gasteiger partial charge < -0.3 is 35.2 Å². The first-order chi connectivity index (χ1) is 16.4. The number of rotatable bonds is 16. The SMILES string of the molecule is CC1CC(O)C(O)C(OCC[C@H](O)[C@H](O)CCCC(=O)NCCCCCCc2ccccc2)O1. The number of aliphatic hydroxyl groups excluding tert-OH is 4. The average Bonchev–Trinajstić information content (AvgIpc) is 2.82. The number of unbranched alkanes of at least 4 members (excludes halogenated alkanes) is 3. The molecule has 0 spiro atoms. The van der Waals surface area contributed by atoms with Crippen molar-refractivity contribution in [3.8, 4) is 0 Å². The van der Waals surface area contributed by atoms with Gasteiger partial charge in [-0.25, -0.2) is 0 Å². The maximum absolute atomic E-state index is 12.0. The summed E-state index contributed by atoms with van der Waals surface area (Å²) >= 11 is 0. The van der Waals surface area contributed by atoms with Crippen LogP contribution in [0.4, 0.5) is 0 Å². The van der Waals surface area contributed by atoms with Crippen molar-refractivity contribution in [1.82, 2.24) is 5.32 Å². The molecule has 1 amide bonds. The Bertz CT molecular complexity index is 674. The third-order valence-corrected chi connectivity index (χ3v) is 6.21. The van der Waals surface area contributed by atoms with Crippen molar-refractivity contribution >= 4 is 5.91 Å². The first-order valence-corrected chi connectivity index (χ1v) is 12.7. The van der Waals surface area contributed by atoms with Crippen LogP contribution in [0, 0.1) is 0 Å². The van der Waals surface area contributed by atoms with E-state index in [4.69, 9.17) is 9.47 Å². The molecule has 1 aliphatic heterocycles. The third kappa shape index (κ3) is 11.3. The summed E-state index contributed by atoms with van der Waals surface area (Å²) in [4.78, 5) is 12.0. The van der Waals surface area contributed by atoms with Crippen LogP contribution in [0.25, 0.3) is 0 Å². The van der Waals surface area contributed by atoms with E-state index in [0.717, 1.165) is 32.1 Å². The number of hydrogen-bond donors (Lipinski definition) is 5. The van der Waals surface area contributed by atoms with E-state index >= 15 is 0 Å². The highest BCUT2D eigenvalue weighted by Crippen LogP contribution is 2.21. The smallest absolute Gasteiger partial charge is 0.219 e. The van der Waals surface area contributed by atoms with E-state index < -0.39 is 30.7 Å². The molecule has 34 heavy (non-hydrogen) atoms. The molecular formula is C26H43NO7. The Morgan fingerprint density at radius 3 is 2.53 bits per heavy atom. The van der Waals surface area contributed by atoms with Gasteiger partial charge in [-0.2, -0.15) is 0 Å². The van der Waals surface area contributed by atoms with Gasteiger partial charge in [0.1, 0.15) is 6.10 Å². The van der Waals surface area contributed by atoms with Gasteiger partial charge in [-0.3, -0.25) is 4.79 Å². The number of benzene rings is 1. The summed E-state index contributed by atoms with van der Waals surface area (Å²) in [6.45, 7) is 2.52. The van der Waals surface area contributed by atoms with Crippen LogP contribution in [0.15, 0.2) is 30.3 Å². The number of aryl methyl sites for hydroxylation is 1. The molecule has 1 aromatic rings. The zero-order valence-corrected chi connectivity index (χ0v) is 20.3. The van der Waals surface area contributed by atoms with Crippen LogP contribution in [-0.4, -0.2) is 76.3 Å². The number of carbonyl (C=O) groups is 1. The van der Waals surface area contributed by atoms with Crippen LogP contribution in [-0.2, 0) is 20.7 Å². The van der Waals surface area contributed by atoms with Crippen LogP contribution >= 0.6 is 0 Å². The molecule has 1 heterocycles. The summed E-state index contributed by atoms with van der Waals surface area (Å²) in [5.41, 5.74) is 1.36. The first-order valence-electron chi connectivity index (χ1n) is 12.7. The molecule has 4 unspecified atom stereocenters. The lowest BCUT2D eigenvalue weighted by molar-refractivity contribution is -0.264. The molecule has 0 aromatic heterocycles. The highest BCUT2D eigenvalue weighted by Gasteiger charge is 2.35. The highest BCUT2D eigenvalue weighted by atomic mass is 16.7. The largest absolute Gasteiger partial charge is 0.390 e. The number of aliphatic hydroxyl groups is 4. The van der Waals surface area contributed by atoms with E-state index in [0.29, 0.717) is 32.2 Å². The van der Waals surface area contributed by atoms with Crippen molar-refractivity contribution in [2.24, 2.45) is 0 Å². The van der Waals surface area contributed by atoms with Gasteiger partial charge in [0.2, 0.25) is 5.91 Å². The fourth-order valence-electron chi connectivity index (χ4n) is 4.09. The van der Waals surface area contributed by atoms with E-state index in [1.54, 1.807) is 6.92 Å². The fraction of sp³-hybridized carbons (Fsp3) is 0.731. The predicted molar refractivity (Wildman–Crippen MR) is 129 cm³/mol. The van der Waals surface area contributed by atoms with E-state index in [1.807, 2.05) is 6.07 Å². The van der Waals surface area contributed by atoms with Gasteiger partial charge in [-0.05, 0) is 51.0 Å². The van der Waals surface area contributed by atoms with E-state index in [-0.39, 0.29) is 25.0 Å². The summed E-state index contributed by atoms with van der Waals surface area (Å²) in [7, 11) is 0.